The van der Waals surface area contributed by atoms with Crippen molar-refractivity contribution in [1.29, 1.82) is 0 Å². The zero-order chi connectivity index (χ0) is 24.4. The molecule has 180 valence electrons. The van der Waals surface area contributed by atoms with E-state index in [1.807, 2.05) is 41.5 Å². The minimum absolute atomic E-state index is 0.142. The van der Waals surface area contributed by atoms with Gasteiger partial charge in [-0.25, -0.2) is 9.78 Å². The van der Waals surface area contributed by atoms with Gasteiger partial charge in [0.15, 0.2) is 5.13 Å². The lowest BCUT2D eigenvalue weighted by atomic mass is 9.81. The molecule has 0 saturated carbocycles. The van der Waals surface area contributed by atoms with Crippen molar-refractivity contribution in [3.8, 4) is 12.3 Å². The molecule has 2 aromatic carbocycles. The van der Waals surface area contributed by atoms with Gasteiger partial charge in [-0.05, 0) is 54.3 Å². The fourth-order valence-electron chi connectivity index (χ4n) is 4.65. The van der Waals surface area contributed by atoms with E-state index in [2.05, 4.69) is 44.6 Å². The van der Waals surface area contributed by atoms with Crippen molar-refractivity contribution in [2.24, 2.45) is 0 Å². The number of carbonyl (C=O) groups is 1. The molecule has 1 saturated heterocycles. The van der Waals surface area contributed by atoms with Crippen molar-refractivity contribution in [3.63, 3.8) is 0 Å². The van der Waals surface area contributed by atoms with Crippen molar-refractivity contribution in [3.05, 3.63) is 75.3 Å². The lowest BCUT2D eigenvalue weighted by molar-refractivity contribution is 0.206. The van der Waals surface area contributed by atoms with Crippen LogP contribution in [0.15, 0.2) is 47.8 Å². The third kappa shape index (κ3) is 4.87. The standard InChI is InChI=1S/C27H28ClN5OS/c1-3-27(2,21-5-7-22(28)8-6-21)24-18-35-25(30-24)31-26(34)33-13-10-19-16-23(9-4-20(19)17-33)32-14-11-29-12-15-32/h1,4-9,16,18,29H,10-15,17H2,2H3,(H,30,31,34)/t27-/m1/s1. The topological polar surface area (TPSA) is 60.5 Å². The first-order chi connectivity index (χ1) is 17.0. The predicted molar refractivity (Wildman–Crippen MR) is 144 cm³/mol. The molecule has 3 aromatic rings. The van der Waals surface area contributed by atoms with Crippen LogP contribution in [0.4, 0.5) is 15.6 Å². The molecule has 2 N–H and O–H groups in total. The van der Waals surface area contributed by atoms with Crippen LogP contribution >= 0.6 is 22.9 Å². The Hall–Kier alpha value is -3.05. The monoisotopic (exact) mass is 505 g/mol. The van der Waals surface area contributed by atoms with E-state index in [1.54, 1.807) is 0 Å². The van der Waals surface area contributed by atoms with E-state index >= 15 is 0 Å². The number of nitrogens with zero attached hydrogens (tertiary/aromatic N) is 3. The molecule has 1 aromatic heterocycles. The summed E-state index contributed by atoms with van der Waals surface area (Å²) < 4.78 is 0. The molecule has 8 heteroatoms. The van der Waals surface area contributed by atoms with Crippen LogP contribution < -0.4 is 15.5 Å². The number of piperazine rings is 1. The zero-order valence-electron chi connectivity index (χ0n) is 19.7. The number of urea groups is 1. The second kappa shape index (κ2) is 9.90. The molecule has 6 nitrogen and oxygen atoms in total. The number of hydrogen-bond donors (Lipinski definition) is 2. The number of carbonyl (C=O) groups excluding carboxylic acids is 1. The summed E-state index contributed by atoms with van der Waals surface area (Å²) in [5.74, 6) is 2.87. The second-order valence-corrected chi connectivity index (χ2v) is 10.4. The quantitative estimate of drug-likeness (QED) is 0.503. The molecule has 0 unspecified atom stereocenters. The Kier molecular flexibility index (Phi) is 6.70. The lowest BCUT2D eigenvalue weighted by Gasteiger charge is -2.32. The fourth-order valence-corrected chi connectivity index (χ4v) is 5.59. The van der Waals surface area contributed by atoms with Gasteiger partial charge in [0.1, 0.15) is 0 Å². The highest BCUT2D eigenvalue weighted by Crippen LogP contribution is 2.34. The van der Waals surface area contributed by atoms with E-state index in [1.165, 1.54) is 28.2 Å². The van der Waals surface area contributed by atoms with Crippen molar-refractivity contribution in [1.82, 2.24) is 15.2 Å². The highest BCUT2D eigenvalue weighted by molar-refractivity contribution is 7.14. The van der Waals surface area contributed by atoms with Crippen molar-refractivity contribution >= 4 is 39.8 Å². The van der Waals surface area contributed by atoms with Crippen molar-refractivity contribution in [2.75, 3.05) is 42.9 Å². The number of thiazole rings is 1. The van der Waals surface area contributed by atoms with Crippen LogP contribution in [0.1, 0.15) is 29.3 Å². The van der Waals surface area contributed by atoms with Crippen molar-refractivity contribution in [2.45, 2.75) is 25.3 Å². The minimum atomic E-state index is -0.712. The number of rotatable bonds is 4. The van der Waals surface area contributed by atoms with Gasteiger partial charge in [-0.3, -0.25) is 5.32 Å². The molecular weight excluding hydrogens is 478 g/mol. The molecule has 1 atom stereocenters. The van der Waals surface area contributed by atoms with E-state index in [-0.39, 0.29) is 6.03 Å². The summed E-state index contributed by atoms with van der Waals surface area (Å²) in [6.45, 7) is 7.31. The minimum Gasteiger partial charge on any atom is -0.369 e. The first-order valence-electron chi connectivity index (χ1n) is 11.8. The Morgan fingerprint density at radius 3 is 2.69 bits per heavy atom. The largest absolute Gasteiger partial charge is 0.369 e. The van der Waals surface area contributed by atoms with Crippen LogP contribution in [0, 0.1) is 12.3 Å². The SMILES string of the molecule is C#C[C@](C)(c1ccc(Cl)cc1)c1csc(NC(=O)N2CCc3cc(N4CCNCC4)ccc3C2)n1. The van der Waals surface area contributed by atoms with Gasteiger partial charge in [0.2, 0.25) is 0 Å². The van der Waals surface area contributed by atoms with Crippen LogP contribution in [-0.4, -0.2) is 48.6 Å². The Bertz CT molecular complexity index is 1260. The number of nitrogens with one attached hydrogen (secondary N) is 2. The van der Waals surface area contributed by atoms with Crippen LogP contribution in [0.5, 0.6) is 0 Å². The summed E-state index contributed by atoms with van der Waals surface area (Å²) in [5, 5.41) is 9.48. The summed E-state index contributed by atoms with van der Waals surface area (Å²) in [6, 6.07) is 14.0. The summed E-state index contributed by atoms with van der Waals surface area (Å²) in [6.07, 6.45) is 6.76. The molecule has 2 aliphatic rings. The maximum atomic E-state index is 13.0. The van der Waals surface area contributed by atoms with Gasteiger partial charge >= 0.3 is 6.03 Å². The van der Waals surface area contributed by atoms with Crippen LogP contribution in [0.3, 0.4) is 0 Å². The van der Waals surface area contributed by atoms with Crippen LogP contribution in [0.2, 0.25) is 5.02 Å². The molecule has 5 rings (SSSR count). The third-order valence-electron chi connectivity index (χ3n) is 6.91. The maximum Gasteiger partial charge on any atom is 0.323 e. The van der Waals surface area contributed by atoms with E-state index in [9.17, 15) is 4.79 Å². The summed E-state index contributed by atoms with van der Waals surface area (Å²) in [5.41, 5.74) is 4.75. The van der Waals surface area contributed by atoms with Gasteiger partial charge in [-0.15, -0.1) is 17.8 Å². The molecule has 0 bridgehead atoms. The Morgan fingerprint density at radius 1 is 1.17 bits per heavy atom. The number of hydrogen-bond acceptors (Lipinski definition) is 5. The molecule has 0 aliphatic carbocycles. The van der Waals surface area contributed by atoms with Gasteiger partial charge in [0.25, 0.3) is 0 Å². The van der Waals surface area contributed by atoms with Crippen molar-refractivity contribution < 1.29 is 4.79 Å². The van der Waals surface area contributed by atoms with Gasteiger partial charge in [-0.1, -0.05) is 35.7 Å². The highest BCUT2D eigenvalue weighted by Gasteiger charge is 2.30. The number of fused-ring (bicyclic) bond motifs is 1. The van der Waals surface area contributed by atoms with Gasteiger partial charge in [-0.2, -0.15) is 0 Å². The average molecular weight is 506 g/mol. The molecule has 3 heterocycles. The number of amides is 2. The number of benzene rings is 2. The molecule has 0 spiro atoms. The lowest BCUT2D eigenvalue weighted by Crippen LogP contribution is -2.43. The highest BCUT2D eigenvalue weighted by atomic mass is 35.5. The number of aromatic nitrogens is 1. The molecule has 0 radical (unpaired) electrons. The maximum absolute atomic E-state index is 13.0. The molecule has 35 heavy (non-hydrogen) atoms. The normalized spacial score (nSPS) is 17.3. The Labute approximate surface area is 215 Å². The molecule has 1 fully saturated rings. The van der Waals surface area contributed by atoms with Gasteiger partial charge in [0, 0.05) is 55.4 Å². The second-order valence-electron chi connectivity index (χ2n) is 9.11. The van der Waals surface area contributed by atoms with E-state index in [4.69, 9.17) is 18.0 Å². The average Bonchev–Trinajstić information content (AvgIpc) is 3.37. The summed E-state index contributed by atoms with van der Waals surface area (Å²) in [4.78, 5) is 22.0. The molecule has 2 aliphatic heterocycles. The van der Waals surface area contributed by atoms with E-state index in [0.717, 1.165) is 43.9 Å². The third-order valence-corrected chi connectivity index (χ3v) is 7.92. The summed E-state index contributed by atoms with van der Waals surface area (Å²) >= 11 is 7.42. The smallest absolute Gasteiger partial charge is 0.323 e. The van der Waals surface area contributed by atoms with Gasteiger partial charge in [0.05, 0.1) is 11.1 Å². The number of anilines is 2. The summed E-state index contributed by atoms with van der Waals surface area (Å²) in [7, 11) is 0. The van der Waals surface area contributed by atoms with Crippen LogP contribution in [-0.2, 0) is 18.4 Å². The fraction of sp³-hybridized carbons (Fsp3) is 0.333. The Morgan fingerprint density at radius 2 is 1.94 bits per heavy atom. The first kappa shape index (κ1) is 23.7. The van der Waals surface area contributed by atoms with Crippen LogP contribution in [0.25, 0.3) is 0 Å². The Balaban J connectivity index is 1.26. The number of terminal acetylenes is 1. The van der Waals surface area contributed by atoms with E-state index < -0.39 is 5.41 Å². The predicted octanol–water partition coefficient (Wildman–Crippen LogP) is 4.74. The molecule has 2 amide bonds. The first-order valence-corrected chi connectivity index (χ1v) is 13.1. The molecular formula is C27H28ClN5OS. The number of halogens is 1. The van der Waals surface area contributed by atoms with E-state index in [0.29, 0.717) is 23.2 Å². The zero-order valence-corrected chi connectivity index (χ0v) is 21.3. The van der Waals surface area contributed by atoms with Gasteiger partial charge < -0.3 is 15.1 Å².